The molecule has 0 spiro atoms. The highest BCUT2D eigenvalue weighted by Crippen LogP contribution is 2.38. The predicted molar refractivity (Wildman–Crippen MR) is 88.6 cm³/mol. The van der Waals surface area contributed by atoms with Crippen molar-refractivity contribution in [1.29, 1.82) is 0 Å². The van der Waals surface area contributed by atoms with Gasteiger partial charge in [0.25, 0.3) is 5.91 Å². The number of aliphatic hydroxyl groups excluding tert-OH is 1. The summed E-state index contributed by atoms with van der Waals surface area (Å²) in [5.74, 6) is -0.130. The van der Waals surface area contributed by atoms with Gasteiger partial charge in [-0.05, 0) is 26.3 Å². The van der Waals surface area contributed by atoms with E-state index in [1.54, 1.807) is 23.8 Å². The van der Waals surface area contributed by atoms with Crippen molar-refractivity contribution < 1.29 is 9.90 Å². The molecular formula is C16H19N5O2. The first-order valence-electron chi connectivity index (χ1n) is 7.36. The third-order valence-electron chi connectivity index (χ3n) is 4.21. The van der Waals surface area contributed by atoms with Crippen LogP contribution in [0.25, 0.3) is 16.9 Å². The topological polar surface area (TPSA) is 120 Å². The molecule has 1 aliphatic rings. The van der Waals surface area contributed by atoms with Gasteiger partial charge in [0.05, 0.1) is 11.9 Å². The minimum Gasteiger partial charge on any atom is -0.508 e. The van der Waals surface area contributed by atoms with Crippen LogP contribution in [0.4, 0.5) is 5.82 Å². The number of nitrogens with two attached hydrogens (primary N) is 2. The molecule has 1 unspecified atom stereocenters. The summed E-state index contributed by atoms with van der Waals surface area (Å²) in [6, 6.07) is 0. The Morgan fingerprint density at radius 1 is 1.43 bits per heavy atom. The molecule has 0 bridgehead atoms. The predicted octanol–water partition coefficient (Wildman–Crippen LogP) is 2.13. The number of nitrogen functional groups attached to an aromatic ring is 1. The van der Waals surface area contributed by atoms with Gasteiger partial charge in [-0.15, -0.1) is 0 Å². The van der Waals surface area contributed by atoms with Crippen molar-refractivity contribution >= 4 is 28.6 Å². The zero-order valence-corrected chi connectivity index (χ0v) is 13.3. The second-order valence-electron chi connectivity index (χ2n) is 5.88. The Morgan fingerprint density at radius 2 is 2.13 bits per heavy atom. The van der Waals surface area contributed by atoms with Gasteiger partial charge in [0.15, 0.2) is 5.65 Å². The fraction of sp³-hybridized carbons (Fsp3) is 0.312. The molecule has 3 rings (SSSR count). The maximum atomic E-state index is 11.9. The first-order valence-corrected chi connectivity index (χ1v) is 7.36. The van der Waals surface area contributed by atoms with E-state index in [1.165, 1.54) is 0 Å². The molecule has 2 aromatic heterocycles. The number of allylic oxidation sites excluding steroid dienone is 3. The number of hydrogen-bond donors (Lipinski definition) is 3. The van der Waals surface area contributed by atoms with E-state index in [2.05, 4.69) is 9.97 Å². The van der Waals surface area contributed by atoms with E-state index in [4.69, 9.17) is 11.5 Å². The lowest BCUT2D eigenvalue weighted by atomic mass is 9.93. The summed E-state index contributed by atoms with van der Waals surface area (Å²) in [6.07, 6.45) is 4.06. The van der Waals surface area contributed by atoms with E-state index < -0.39 is 5.91 Å². The molecule has 2 heterocycles. The van der Waals surface area contributed by atoms with Crippen LogP contribution in [-0.2, 0) is 0 Å². The van der Waals surface area contributed by atoms with Crippen LogP contribution in [0.3, 0.4) is 0 Å². The molecular weight excluding hydrogens is 294 g/mol. The number of aliphatic hydroxyl groups is 1. The molecule has 7 heteroatoms. The van der Waals surface area contributed by atoms with E-state index in [0.717, 1.165) is 5.70 Å². The van der Waals surface area contributed by atoms with E-state index in [9.17, 15) is 9.90 Å². The van der Waals surface area contributed by atoms with Crippen LogP contribution in [0.5, 0.6) is 0 Å². The highest BCUT2D eigenvalue weighted by Gasteiger charge is 2.28. The Balaban J connectivity index is 2.43. The summed E-state index contributed by atoms with van der Waals surface area (Å²) in [5, 5.41) is 10.1. The van der Waals surface area contributed by atoms with Crippen LogP contribution in [0.15, 0.2) is 23.6 Å². The molecule has 0 fully saturated rings. The Labute approximate surface area is 133 Å². The highest BCUT2D eigenvalue weighted by molar-refractivity contribution is 6.10. The lowest BCUT2D eigenvalue weighted by molar-refractivity contribution is 0.100. The van der Waals surface area contributed by atoms with Crippen LogP contribution in [-0.4, -0.2) is 25.5 Å². The number of aromatic nitrogens is 3. The summed E-state index contributed by atoms with van der Waals surface area (Å²) in [5.41, 5.74) is 14.9. The molecule has 23 heavy (non-hydrogen) atoms. The molecule has 1 aliphatic carbocycles. The number of anilines is 1. The highest BCUT2D eigenvalue weighted by atomic mass is 16.3. The Hall–Kier alpha value is -2.83. The number of amides is 1. The maximum Gasteiger partial charge on any atom is 0.254 e. The summed E-state index contributed by atoms with van der Waals surface area (Å²) < 4.78 is 1.69. The monoisotopic (exact) mass is 313 g/mol. The number of carbonyl (C=O) groups excluding carboxylic acids is 1. The van der Waals surface area contributed by atoms with Crippen LogP contribution < -0.4 is 11.5 Å². The van der Waals surface area contributed by atoms with Gasteiger partial charge in [-0.2, -0.15) is 0 Å². The molecule has 5 N–H and O–H groups in total. The van der Waals surface area contributed by atoms with Gasteiger partial charge in [0.1, 0.15) is 22.7 Å². The zero-order valence-electron chi connectivity index (χ0n) is 13.3. The summed E-state index contributed by atoms with van der Waals surface area (Å²) in [7, 11) is 0. The second kappa shape index (κ2) is 5.12. The number of fused-ring (bicyclic) bond motifs is 1. The normalized spacial score (nSPS) is 18.4. The Morgan fingerprint density at radius 3 is 2.78 bits per heavy atom. The maximum absolute atomic E-state index is 11.9. The van der Waals surface area contributed by atoms with E-state index in [1.807, 2.05) is 13.8 Å². The summed E-state index contributed by atoms with van der Waals surface area (Å²) in [6.45, 7) is 5.62. The number of hydrogen-bond acceptors (Lipinski definition) is 5. The molecule has 0 saturated carbocycles. The molecule has 1 atom stereocenters. The van der Waals surface area contributed by atoms with Crippen LogP contribution in [0, 0.1) is 12.8 Å². The van der Waals surface area contributed by atoms with E-state index in [0.29, 0.717) is 28.9 Å². The Bertz CT molecular complexity index is 891. The number of carbonyl (C=O) groups is 1. The quantitative estimate of drug-likeness (QED) is 0.784. The van der Waals surface area contributed by atoms with Gasteiger partial charge in [-0.3, -0.25) is 9.36 Å². The molecule has 7 nitrogen and oxygen atoms in total. The van der Waals surface area contributed by atoms with Gasteiger partial charge >= 0.3 is 0 Å². The van der Waals surface area contributed by atoms with Crippen molar-refractivity contribution in [2.75, 3.05) is 5.73 Å². The Kier molecular flexibility index (Phi) is 3.35. The fourth-order valence-electron chi connectivity index (χ4n) is 3.08. The van der Waals surface area contributed by atoms with Crippen LogP contribution >= 0.6 is 0 Å². The number of primary amides is 1. The van der Waals surface area contributed by atoms with Gasteiger partial charge in [0, 0.05) is 17.2 Å². The molecule has 0 aromatic carbocycles. The van der Waals surface area contributed by atoms with Crippen molar-refractivity contribution in [3.63, 3.8) is 0 Å². The first kappa shape index (κ1) is 15.1. The van der Waals surface area contributed by atoms with E-state index in [-0.39, 0.29) is 23.1 Å². The minimum absolute atomic E-state index is 0.104. The molecule has 0 saturated heterocycles. The lowest BCUT2D eigenvalue weighted by Crippen LogP contribution is -2.17. The van der Waals surface area contributed by atoms with Crippen molar-refractivity contribution in [1.82, 2.24) is 14.5 Å². The average molecular weight is 313 g/mol. The van der Waals surface area contributed by atoms with Crippen LogP contribution in [0.2, 0.25) is 0 Å². The fourth-order valence-corrected chi connectivity index (χ4v) is 3.08. The van der Waals surface area contributed by atoms with Crippen molar-refractivity contribution in [2.45, 2.75) is 27.2 Å². The minimum atomic E-state index is -0.646. The van der Waals surface area contributed by atoms with Gasteiger partial charge in [0.2, 0.25) is 0 Å². The third kappa shape index (κ3) is 2.16. The van der Waals surface area contributed by atoms with Crippen molar-refractivity contribution in [3.05, 3.63) is 34.9 Å². The summed E-state index contributed by atoms with van der Waals surface area (Å²) in [4.78, 5) is 20.6. The van der Waals surface area contributed by atoms with Gasteiger partial charge in [-0.1, -0.05) is 6.92 Å². The standard InChI is InChI=1S/C16H19N5O2/c1-7-4-5-10(22)9(3)13(7)21-14(17)11(15(18)23)12-16(21)19-6-8(2)20-12/h5-7,22H,4,17H2,1-3H3,(H2,18,23). The molecule has 0 radical (unpaired) electrons. The number of nitrogens with zero attached hydrogens (tertiary/aromatic N) is 3. The second-order valence-corrected chi connectivity index (χ2v) is 5.88. The third-order valence-corrected chi connectivity index (χ3v) is 4.21. The van der Waals surface area contributed by atoms with Crippen molar-refractivity contribution in [3.8, 4) is 0 Å². The molecule has 120 valence electrons. The van der Waals surface area contributed by atoms with E-state index >= 15 is 0 Å². The largest absolute Gasteiger partial charge is 0.508 e. The van der Waals surface area contributed by atoms with Gasteiger partial charge < -0.3 is 16.6 Å². The summed E-state index contributed by atoms with van der Waals surface area (Å²) >= 11 is 0. The SMILES string of the molecule is CC1=C(n2c(N)c(C(N)=O)c3nc(C)cnc32)C(C)CC=C1O. The first-order chi connectivity index (χ1) is 10.8. The van der Waals surface area contributed by atoms with Crippen molar-refractivity contribution in [2.24, 2.45) is 11.7 Å². The average Bonchev–Trinajstić information content (AvgIpc) is 2.75. The molecule has 2 aromatic rings. The van der Waals surface area contributed by atoms with Gasteiger partial charge in [-0.25, -0.2) is 9.97 Å². The zero-order chi connectivity index (χ0) is 16.9. The number of rotatable bonds is 2. The smallest absolute Gasteiger partial charge is 0.254 e. The molecule has 0 aliphatic heterocycles. The number of aryl methyl sites for hydroxylation is 1. The molecule has 1 amide bonds. The lowest BCUT2D eigenvalue weighted by Gasteiger charge is -2.24. The van der Waals surface area contributed by atoms with Crippen LogP contribution in [0.1, 0.15) is 36.3 Å².